The zero-order valence-corrected chi connectivity index (χ0v) is 23.1. The molecule has 0 saturated heterocycles. The smallest absolute Gasteiger partial charge is 0.165 e. The number of hydrogen-bond donors (Lipinski definition) is 0. The number of furan rings is 1. The summed E-state index contributed by atoms with van der Waals surface area (Å²) in [5.41, 5.74) is 4.66. The van der Waals surface area contributed by atoms with Crippen LogP contribution in [0.5, 0.6) is 0 Å². The summed E-state index contributed by atoms with van der Waals surface area (Å²) in [7, 11) is 0. The molecule has 3 heterocycles. The molecular formula is C37H21N3OS. The van der Waals surface area contributed by atoms with Crippen molar-refractivity contribution in [2.24, 2.45) is 0 Å². The summed E-state index contributed by atoms with van der Waals surface area (Å²) in [6.07, 6.45) is 0. The monoisotopic (exact) mass is 555 g/mol. The Hall–Kier alpha value is -5.39. The highest BCUT2D eigenvalue weighted by Gasteiger charge is 2.22. The van der Waals surface area contributed by atoms with Crippen LogP contribution in [-0.2, 0) is 0 Å². The largest absolute Gasteiger partial charge is 0.455 e. The molecule has 0 spiro atoms. The standard InChI is InChI=1S/C37H21N3OS/c1-2-11-23(12-3-1)35-38-36(25-19-18-22-10-4-5-13-24(22)20-25)40-37(39-35)29-21-28-26-14-6-8-16-30(26)41-33(28)32-27-15-7-9-17-31(27)42-34(29)32/h1-21H. The molecule has 5 heteroatoms. The van der Waals surface area contributed by atoms with Crippen molar-refractivity contribution in [3.63, 3.8) is 0 Å². The molecule has 0 aliphatic heterocycles. The molecule has 0 saturated carbocycles. The van der Waals surface area contributed by atoms with Gasteiger partial charge in [-0.3, -0.25) is 0 Å². The molecule has 0 radical (unpaired) electrons. The molecule has 4 nitrogen and oxygen atoms in total. The molecular weight excluding hydrogens is 534 g/mol. The summed E-state index contributed by atoms with van der Waals surface area (Å²) in [4.78, 5) is 15.3. The normalized spacial score (nSPS) is 11.8. The van der Waals surface area contributed by atoms with E-state index < -0.39 is 0 Å². The molecule has 0 fully saturated rings. The Balaban J connectivity index is 1.39. The Morgan fingerprint density at radius 1 is 0.500 bits per heavy atom. The summed E-state index contributed by atoms with van der Waals surface area (Å²) >= 11 is 1.75. The van der Waals surface area contributed by atoms with Crippen LogP contribution in [-0.4, -0.2) is 15.0 Å². The topological polar surface area (TPSA) is 51.8 Å². The third-order valence-corrected chi connectivity index (χ3v) is 9.11. The zero-order valence-electron chi connectivity index (χ0n) is 22.3. The minimum absolute atomic E-state index is 0.648. The highest BCUT2D eigenvalue weighted by Crippen LogP contribution is 2.46. The molecule has 0 unspecified atom stereocenters. The molecule has 9 aromatic rings. The van der Waals surface area contributed by atoms with Crippen LogP contribution in [0.2, 0.25) is 0 Å². The molecule has 0 aliphatic carbocycles. The average molecular weight is 556 g/mol. The van der Waals surface area contributed by atoms with Crippen molar-refractivity contribution in [3.05, 3.63) is 127 Å². The second-order valence-corrected chi connectivity index (χ2v) is 11.5. The highest BCUT2D eigenvalue weighted by atomic mass is 32.1. The van der Waals surface area contributed by atoms with Gasteiger partial charge < -0.3 is 4.42 Å². The van der Waals surface area contributed by atoms with Crippen molar-refractivity contribution < 1.29 is 4.42 Å². The van der Waals surface area contributed by atoms with Crippen LogP contribution in [0.4, 0.5) is 0 Å². The number of nitrogens with zero attached hydrogens (tertiary/aromatic N) is 3. The summed E-state index contributed by atoms with van der Waals surface area (Å²) in [5.74, 6) is 1.95. The van der Waals surface area contributed by atoms with E-state index in [1.165, 1.54) is 15.5 Å². The highest BCUT2D eigenvalue weighted by molar-refractivity contribution is 7.26. The molecule has 6 aromatic carbocycles. The van der Waals surface area contributed by atoms with Crippen LogP contribution in [0.1, 0.15) is 0 Å². The van der Waals surface area contributed by atoms with Gasteiger partial charge in [-0.2, -0.15) is 0 Å². The van der Waals surface area contributed by atoms with Gasteiger partial charge in [0, 0.05) is 42.9 Å². The average Bonchev–Trinajstić information content (AvgIpc) is 3.63. The molecule has 0 aliphatic rings. The van der Waals surface area contributed by atoms with Crippen molar-refractivity contribution in [2.45, 2.75) is 0 Å². The second kappa shape index (κ2) is 9.06. The van der Waals surface area contributed by atoms with E-state index in [2.05, 4.69) is 84.9 Å². The third kappa shape index (κ3) is 3.57. The van der Waals surface area contributed by atoms with Gasteiger partial charge in [-0.1, -0.05) is 103 Å². The fraction of sp³-hybridized carbons (Fsp3) is 0. The maximum absolute atomic E-state index is 6.50. The lowest BCUT2D eigenvalue weighted by Gasteiger charge is -2.10. The van der Waals surface area contributed by atoms with E-state index in [-0.39, 0.29) is 0 Å². The van der Waals surface area contributed by atoms with Gasteiger partial charge >= 0.3 is 0 Å². The van der Waals surface area contributed by atoms with E-state index >= 15 is 0 Å². The fourth-order valence-corrected chi connectivity index (χ4v) is 7.11. The fourth-order valence-electron chi connectivity index (χ4n) is 5.90. The third-order valence-electron chi connectivity index (χ3n) is 7.91. The summed E-state index contributed by atoms with van der Waals surface area (Å²) in [5, 5.41) is 6.76. The first-order valence-corrected chi connectivity index (χ1v) is 14.7. The number of hydrogen-bond acceptors (Lipinski definition) is 5. The van der Waals surface area contributed by atoms with Gasteiger partial charge in [0.05, 0.1) is 4.70 Å². The van der Waals surface area contributed by atoms with Crippen molar-refractivity contribution in [2.75, 3.05) is 0 Å². The van der Waals surface area contributed by atoms with Gasteiger partial charge in [0.2, 0.25) is 0 Å². The summed E-state index contributed by atoms with van der Waals surface area (Å²) in [6, 6.07) is 43.8. The van der Waals surface area contributed by atoms with Gasteiger partial charge in [0.15, 0.2) is 17.5 Å². The van der Waals surface area contributed by atoms with Crippen LogP contribution in [0.3, 0.4) is 0 Å². The van der Waals surface area contributed by atoms with E-state index in [9.17, 15) is 0 Å². The Morgan fingerprint density at radius 3 is 2.07 bits per heavy atom. The van der Waals surface area contributed by atoms with E-state index in [0.717, 1.165) is 54.1 Å². The quantitative estimate of drug-likeness (QED) is 0.218. The summed E-state index contributed by atoms with van der Waals surface area (Å²) < 4.78 is 8.81. The minimum Gasteiger partial charge on any atom is -0.455 e. The van der Waals surface area contributed by atoms with Gasteiger partial charge in [0.25, 0.3) is 0 Å². The number of aromatic nitrogens is 3. The van der Waals surface area contributed by atoms with E-state index in [1.807, 2.05) is 42.5 Å². The number of para-hydroxylation sites is 1. The van der Waals surface area contributed by atoms with Gasteiger partial charge in [0.1, 0.15) is 11.2 Å². The molecule has 0 bridgehead atoms. The number of rotatable bonds is 3. The van der Waals surface area contributed by atoms with Crippen LogP contribution in [0.15, 0.2) is 132 Å². The Morgan fingerprint density at radius 2 is 1.19 bits per heavy atom. The first kappa shape index (κ1) is 23.3. The Labute approximate surface area is 244 Å². The zero-order chi connectivity index (χ0) is 27.6. The SMILES string of the molecule is c1ccc(-c2nc(-c3ccc4ccccc4c3)nc(-c3cc4c5ccccc5oc4c4c3sc3ccccc34)n2)cc1. The predicted octanol–water partition coefficient (Wildman–Crippen LogP) is 10.3. The lowest BCUT2D eigenvalue weighted by molar-refractivity contribution is 0.673. The summed E-state index contributed by atoms with van der Waals surface area (Å²) in [6.45, 7) is 0. The van der Waals surface area contributed by atoms with E-state index in [4.69, 9.17) is 19.4 Å². The van der Waals surface area contributed by atoms with Crippen molar-refractivity contribution in [1.29, 1.82) is 0 Å². The maximum atomic E-state index is 6.50. The Bertz CT molecular complexity index is 2480. The van der Waals surface area contributed by atoms with Crippen LogP contribution in [0.25, 0.3) is 87.0 Å². The molecule has 3 aromatic heterocycles. The van der Waals surface area contributed by atoms with Gasteiger partial charge in [-0.15, -0.1) is 11.3 Å². The van der Waals surface area contributed by atoms with Crippen LogP contribution in [0, 0.1) is 0 Å². The molecule has 0 amide bonds. The molecule has 9 rings (SSSR count). The Kier molecular flexibility index (Phi) is 5.03. The number of fused-ring (bicyclic) bond motifs is 8. The van der Waals surface area contributed by atoms with E-state index in [1.54, 1.807) is 11.3 Å². The predicted molar refractivity (Wildman–Crippen MR) is 174 cm³/mol. The van der Waals surface area contributed by atoms with Gasteiger partial charge in [-0.25, -0.2) is 15.0 Å². The lowest BCUT2D eigenvalue weighted by atomic mass is 10.0. The first-order chi connectivity index (χ1) is 20.8. The second-order valence-electron chi connectivity index (χ2n) is 10.4. The first-order valence-electron chi connectivity index (χ1n) is 13.9. The van der Waals surface area contributed by atoms with E-state index in [0.29, 0.717) is 17.5 Å². The molecule has 0 atom stereocenters. The molecule has 42 heavy (non-hydrogen) atoms. The van der Waals surface area contributed by atoms with Crippen molar-refractivity contribution in [3.8, 4) is 34.2 Å². The number of benzene rings is 6. The number of thiophene rings is 1. The van der Waals surface area contributed by atoms with Crippen LogP contribution >= 0.6 is 11.3 Å². The molecule has 196 valence electrons. The lowest BCUT2D eigenvalue weighted by Crippen LogP contribution is -2.00. The molecule has 0 N–H and O–H groups in total. The van der Waals surface area contributed by atoms with Gasteiger partial charge in [-0.05, 0) is 35.0 Å². The van der Waals surface area contributed by atoms with Crippen molar-refractivity contribution >= 4 is 64.2 Å². The maximum Gasteiger partial charge on any atom is 0.165 e. The van der Waals surface area contributed by atoms with Crippen molar-refractivity contribution in [1.82, 2.24) is 15.0 Å². The van der Waals surface area contributed by atoms with Crippen LogP contribution < -0.4 is 0 Å². The minimum atomic E-state index is 0.648.